The zero-order chi connectivity index (χ0) is 39.2. The van der Waals surface area contributed by atoms with Crippen LogP contribution in [0, 0.1) is 6.92 Å². The lowest BCUT2D eigenvalue weighted by Gasteiger charge is -2.32. The Morgan fingerprint density at radius 2 is 0.898 bits per heavy atom. The molecule has 0 fully saturated rings. The Bertz CT molecular complexity index is 3390. The van der Waals surface area contributed by atoms with Crippen LogP contribution in [-0.2, 0) is 10.8 Å². The third-order valence-corrected chi connectivity index (χ3v) is 14.0. The molecule has 2 nitrogen and oxygen atoms in total. The van der Waals surface area contributed by atoms with E-state index in [9.17, 15) is 0 Å². The smallest absolute Gasteiger partial charge is 0.159 e. The first-order valence-electron chi connectivity index (χ1n) is 20.8. The maximum absolute atomic E-state index is 7.12. The molecule has 1 aromatic heterocycles. The zero-order valence-corrected chi connectivity index (χ0v) is 33.2. The minimum atomic E-state index is -0.455. The van der Waals surface area contributed by atoms with Crippen molar-refractivity contribution in [1.29, 1.82) is 0 Å². The van der Waals surface area contributed by atoms with Gasteiger partial charge in [-0.05, 0) is 126 Å². The highest BCUT2D eigenvalue weighted by Gasteiger charge is 2.51. The van der Waals surface area contributed by atoms with E-state index >= 15 is 0 Å². The second-order valence-corrected chi connectivity index (χ2v) is 17.2. The van der Waals surface area contributed by atoms with Gasteiger partial charge in [-0.15, -0.1) is 0 Å². The van der Waals surface area contributed by atoms with Crippen molar-refractivity contribution < 1.29 is 4.42 Å². The summed E-state index contributed by atoms with van der Waals surface area (Å²) in [5.41, 5.74) is 21.5. The Morgan fingerprint density at radius 1 is 0.407 bits per heavy atom. The van der Waals surface area contributed by atoms with Crippen LogP contribution < -0.4 is 4.90 Å². The first-order valence-corrected chi connectivity index (χ1v) is 20.8. The summed E-state index contributed by atoms with van der Waals surface area (Å²) < 4.78 is 7.12. The molecule has 2 heteroatoms. The summed E-state index contributed by atoms with van der Waals surface area (Å²) in [6, 6.07) is 68.0. The topological polar surface area (TPSA) is 16.4 Å². The SMILES string of the molecule is Cc1cc2ccccc2c2c1oc1c(N(c3ccc4c(c3)C(C)(C)c3ccccc3-4)c3ccc4c(c3)C3(c5ccccc5-c5ccccc53)c3ccccc3-4)cccc12. The van der Waals surface area contributed by atoms with Crippen LogP contribution in [0.25, 0.3) is 66.1 Å². The van der Waals surface area contributed by atoms with Crippen molar-refractivity contribution in [3.05, 3.63) is 221 Å². The van der Waals surface area contributed by atoms with Crippen molar-refractivity contribution in [3.63, 3.8) is 0 Å². The van der Waals surface area contributed by atoms with Crippen LogP contribution in [-0.4, -0.2) is 0 Å². The van der Waals surface area contributed by atoms with Gasteiger partial charge in [-0.25, -0.2) is 0 Å². The molecule has 1 heterocycles. The second kappa shape index (κ2) is 11.5. The maximum Gasteiger partial charge on any atom is 0.159 e. The molecule has 3 aliphatic carbocycles. The molecule has 0 N–H and O–H groups in total. The maximum atomic E-state index is 7.12. The molecular formula is C57H39NO. The van der Waals surface area contributed by atoms with E-state index in [1.165, 1.54) is 82.9 Å². The summed E-state index contributed by atoms with van der Waals surface area (Å²) in [5, 5.41) is 4.73. The lowest BCUT2D eigenvalue weighted by molar-refractivity contribution is 0.660. The highest BCUT2D eigenvalue weighted by Crippen LogP contribution is 2.63. The largest absolute Gasteiger partial charge is 0.454 e. The Hall–Kier alpha value is -7.16. The molecule has 3 aliphatic rings. The fourth-order valence-electron chi connectivity index (χ4n) is 11.5. The number of nitrogens with zero attached hydrogens (tertiary/aromatic N) is 1. The van der Waals surface area contributed by atoms with Crippen molar-refractivity contribution in [2.24, 2.45) is 0 Å². The second-order valence-electron chi connectivity index (χ2n) is 17.2. The molecule has 0 radical (unpaired) electrons. The van der Waals surface area contributed by atoms with E-state index in [4.69, 9.17) is 4.42 Å². The zero-order valence-electron chi connectivity index (χ0n) is 33.2. The first kappa shape index (κ1) is 32.9. The van der Waals surface area contributed by atoms with Gasteiger partial charge in [-0.3, -0.25) is 0 Å². The van der Waals surface area contributed by atoms with E-state index in [0.29, 0.717) is 0 Å². The van der Waals surface area contributed by atoms with Gasteiger partial charge in [0.2, 0.25) is 0 Å². The number of hydrogen-bond acceptors (Lipinski definition) is 2. The molecule has 59 heavy (non-hydrogen) atoms. The lowest BCUT2D eigenvalue weighted by atomic mass is 9.70. The Morgan fingerprint density at radius 3 is 1.54 bits per heavy atom. The quantitative estimate of drug-likeness (QED) is 0.179. The number of hydrogen-bond donors (Lipinski definition) is 0. The van der Waals surface area contributed by atoms with Gasteiger partial charge in [-0.1, -0.05) is 159 Å². The average molecular weight is 754 g/mol. The molecular weight excluding hydrogens is 715 g/mol. The number of rotatable bonds is 3. The van der Waals surface area contributed by atoms with Crippen molar-refractivity contribution in [2.45, 2.75) is 31.6 Å². The average Bonchev–Trinajstić information content (AvgIpc) is 3.97. The van der Waals surface area contributed by atoms with Gasteiger partial charge in [0.15, 0.2) is 5.58 Å². The molecule has 1 spiro atoms. The first-order chi connectivity index (χ1) is 28.9. The molecule has 0 bridgehead atoms. The van der Waals surface area contributed by atoms with Gasteiger partial charge >= 0.3 is 0 Å². The van der Waals surface area contributed by atoms with Crippen LogP contribution in [0.3, 0.4) is 0 Å². The van der Waals surface area contributed by atoms with E-state index < -0.39 is 5.41 Å². The number of para-hydroxylation sites is 1. The molecule has 0 atom stereocenters. The molecule has 0 amide bonds. The molecule has 0 saturated carbocycles. The highest BCUT2D eigenvalue weighted by atomic mass is 16.3. The molecule has 13 rings (SSSR count). The fraction of sp³-hybridized carbons (Fsp3) is 0.0877. The van der Waals surface area contributed by atoms with Crippen LogP contribution in [0.5, 0.6) is 0 Å². The van der Waals surface area contributed by atoms with Gasteiger partial charge in [0.1, 0.15) is 5.58 Å². The Balaban J connectivity index is 1.12. The van der Waals surface area contributed by atoms with Gasteiger partial charge in [0, 0.05) is 27.6 Å². The third-order valence-electron chi connectivity index (χ3n) is 14.0. The van der Waals surface area contributed by atoms with Crippen LogP contribution >= 0.6 is 0 Å². The third kappa shape index (κ3) is 4.11. The Kier molecular flexibility index (Phi) is 6.40. The van der Waals surface area contributed by atoms with Gasteiger partial charge in [0.25, 0.3) is 0 Å². The number of furan rings is 1. The van der Waals surface area contributed by atoms with Crippen LogP contribution in [0.2, 0.25) is 0 Å². The molecule has 10 aromatic rings. The van der Waals surface area contributed by atoms with Gasteiger partial charge < -0.3 is 9.32 Å². The molecule has 278 valence electrons. The predicted octanol–water partition coefficient (Wildman–Crippen LogP) is 15.2. The van der Waals surface area contributed by atoms with E-state index in [-0.39, 0.29) is 5.41 Å². The van der Waals surface area contributed by atoms with Crippen LogP contribution in [0.4, 0.5) is 17.1 Å². The van der Waals surface area contributed by atoms with Crippen molar-refractivity contribution in [2.75, 3.05) is 4.90 Å². The van der Waals surface area contributed by atoms with E-state index in [0.717, 1.165) is 39.2 Å². The molecule has 0 saturated heterocycles. The van der Waals surface area contributed by atoms with Gasteiger partial charge in [0.05, 0.1) is 11.1 Å². The minimum Gasteiger partial charge on any atom is -0.454 e. The number of anilines is 3. The minimum absolute atomic E-state index is 0.157. The number of aryl methyl sites for hydroxylation is 1. The summed E-state index contributed by atoms with van der Waals surface area (Å²) in [6.07, 6.45) is 0. The summed E-state index contributed by atoms with van der Waals surface area (Å²) in [7, 11) is 0. The summed E-state index contributed by atoms with van der Waals surface area (Å²) in [5.74, 6) is 0. The van der Waals surface area contributed by atoms with Crippen LogP contribution in [0.15, 0.2) is 186 Å². The molecule has 0 unspecified atom stereocenters. The van der Waals surface area contributed by atoms with Crippen molar-refractivity contribution in [3.8, 4) is 33.4 Å². The monoisotopic (exact) mass is 753 g/mol. The summed E-state index contributed by atoms with van der Waals surface area (Å²) >= 11 is 0. The number of fused-ring (bicyclic) bond motifs is 18. The van der Waals surface area contributed by atoms with E-state index in [1.54, 1.807) is 0 Å². The standard InChI is InChI=1S/C57H39NO/c1-34-31-35-15-4-5-16-38(35)53-45-21-14-26-52(55(45)59-54(34)53)58(36-27-29-43-39-17-6-10-22-46(39)56(2,3)50(43)32-36)37-28-30-44-42-20-9-13-25-49(42)57(51(44)33-37)47-23-11-7-18-40(47)41-19-8-12-24-48(41)57/h4-33H,1-3H3. The summed E-state index contributed by atoms with van der Waals surface area (Å²) in [4.78, 5) is 2.46. The van der Waals surface area contributed by atoms with Crippen LogP contribution in [0.1, 0.15) is 52.8 Å². The fourth-order valence-corrected chi connectivity index (χ4v) is 11.5. The summed E-state index contributed by atoms with van der Waals surface area (Å²) in [6.45, 7) is 6.90. The van der Waals surface area contributed by atoms with Crippen molar-refractivity contribution >= 4 is 49.8 Å². The predicted molar refractivity (Wildman–Crippen MR) is 245 cm³/mol. The highest BCUT2D eigenvalue weighted by molar-refractivity contribution is 6.21. The lowest BCUT2D eigenvalue weighted by Crippen LogP contribution is -2.26. The normalized spacial score (nSPS) is 14.6. The van der Waals surface area contributed by atoms with E-state index in [1.807, 2.05) is 0 Å². The Labute approximate surface area is 343 Å². The van der Waals surface area contributed by atoms with E-state index in [2.05, 4.69) is 208 Å². The van der Waals surface area contributed by atoms with Gasteiger partial charge in [-0.2, -0.15) is 0 Å². The molecule has 9 aromatic carbocycles. The number of benzene rings is 9. The molecule has 0 aliphatic heterocycles. The van der Waals surface area contributed by atoms with Crippen molar-refractivity contribution in [1.82, 2.24) is 0 Å².